The van der Waals surface area contributed by atoms with E-state index in [1.165, 1.54) is 0 Å². The van der Waals surface area contributed by atoms with Crippen LogP contribution in [0.25, 0.3) is 0 Å². The van der Waals surface area contributed by atoms with Gasteiger partial charge in [-0.15, -0.1) is 0 Å². The Morgan fingerprint density at radius 1 is 0.750 bits per heavy atom. The van der Waals surface area contributed by atoms with Gasteiger partial charge in [0.05, 0.1) is 24.3 Å². The van der Waals surface area contributed by atoms with Crippen molar-refractivity contribution in [3.05, 3.63) is 0 Å². The molecule has 0 saturated heterocycles. The van der Waals surface area contributed by atoms with Gasteiger partial charge in [0.25, 0.3) is 0 Å². The van der Waals surface area contributed by atoms with Crippen molar-refractivity contribution in [3.8, 4) is 12.1 Å². The molecule has 0 radical (unpaired) electrons. The van der Waals surface area contributed by atoms with E-state index < -0.39 is 0 Å². The number of hydrogen-bond donors (Lipinski definition) is 2. The van der Waals surface area contributed by atoms with Gasteiger partial charge < -0.3 is 10.2 Å². The summed E-state index contributed by atoms with van der Waals surface area (Å²) in [6.07, 6.45) is 6.90. The minimum absolute atomic E-state index is 0.0203. The molecule has 3 fully saturated rings. The highest BCUT2D eigenvalue weighted by Crippen LogP contribution is 2.60. The van der Waals surface area contributed by atoms with Crippen LogP contribution in [0, 0.1) is 33.5 Å². The van der Waals surface area contributed by atoms with Gasteiger partial charge in [0, 0.05) is 12.8 Å². The molecule has 4 heteroatoms. The molecule has 2 N–H and O–H groups in total. The van der Waals surface area contributed by atoms with Gasteiger partial charge in [-0.25, -0.2) is 0 Å². The zero-order valence-corrected chi connectivity index (χ0v) is 12.0. The smallest absolute Gasteiger partial charge is 0.0622 e. The molecule has 2 atom stereocenters. The first-order chi connectivity index (χ1) is 9.58. The van der Waals surface area contributed by atoms with Crippen LogP contribution >= 0.6 is 0 Å². The summed E-state index contributed by atoms with van der Waals surface area (Å²) in [5.74, 6) is 0. The maximum atomic E-state index is 10.4. The normalized spacial score (nSPS) is 35.0. The Morgan fingerprint density at radius 2 is 1.05 bits per heavy atom. The SMILES string of the molecule is N#CCCC(O)C12CCC(C(O)CCC#N)(CC1)CC2. The Kier molecular flexibility index (Phi) is 4.68. The number of rotatable bonds is 6. The molecule has 0 aromatic rings. The van der Waals surface area contributed by atoms with Gasteiger partial charge in [0.2, 0.25) is 0 Å². The Balaban J connectivity index is 1.97. The highest BCUT2D eigenvalue weighted by molar-refractivity contribution is 5.05. The quantitative estimate of drug-likeness (QED) is 0.780. The summed E-state index contributed by atoms with van der Waals surface area (Å²) in [5.41, 5.74) is -0.0406. The molecule has 2 unspecified atom stereocenters. The molecule has 0 amide bonds. The standard InChI is InChI=1S/C16H24N2O2/c17-11-1-3-13(19)15-5-8-16(9-6-15,10-7-15)14(20)4-2-12-18/h13-14,19-20H,1-10H2. The molecule has 3 saturated carbocycles. The molecule has 110 valence electrons. The third-order valence-corrected chi connectivity index (χ3v) is 5.84. The van der Waals surface area contributed by atoms with Gasteiger partial charge in [-0.3, -0.25) is 0 Å². The largest absolute Gasteiger partial charge is 0.393 e. The third kappa shape index (κ3) is 2.68. The zero-order chi connectivity index (χ0) is 14.6. The van der Waals surface area contributed by atoms with E-state index in [1.807, 2.05) is 0 Å². The number of nitrogens with zero attached hydrogens (tertiary/aromatic N) is 2. The second-order valence-corrected chi connectivity index (χ2v) is 6.65. The minimum Gasteiger partial charge on any atom is -0.393 e. The summed E-state index contributed by atoms with van der Waals surface area (Å²) < 4.78 is 0. The number of aliphatic hydroxyl groups excluding tert-OH is 2. The topological polar surface area (TPSA) is 88.0 Å². The minimum atomic E-state index is -0.378. The lowest BCUT2D eigenvalue weighted by Crippen LogP contribution is -2.51. The van der Waals surface area contributed by atoms with Crippen LogP contribution in [0.15, 0.2) is 0 Å². The Hall–Kier alpha value is -1.10. The lowest BCUT2D eigenvalue weighted by molar-refractivity contribution is -0.131. The lowest BCUT2D eigenvalue weighted by Gasteiger charge is -2.56. The van der Waals surface area contributed by atoms with Gasteiger partial charge in [-0.2, -0.15) is 10.5 Å². The van der Waals surface area contributed by atoms with Crippen LogP contribution in [-0.2, 0) is 0 Å². The van der Waals surface area contributed by atoms with E-state index in [4.69, 9.17) is 10.5 Å². The number of fused-ring (bicyclic) bond motifs is 3. The van der Waals surface area contributed by atoms with Crippen molar-refractivity contribution in [1.29, 1.82) is 10.5 Å². The Labute approximate surface area is 121 Å². The average molecular weight is 276 g/mol. The van der Waals surface area contributed by atoms with Crippen molar-refractivity contribution < 1.29 is 10.2 Å². The van der Waals surface area contributed by atoms with E-state index >= 15 is 0 Å². The molecule has 0 aromatic heterocycles. The summed E-state index contributed by atoms with van der Waals surface area (Å²) in [6, 6.07) is 4.22. The zero-order valence-electron chi connectivity index (χ0n) is 12.0. The highest BCUT2D eigenvalue weighted by Gasteiger charge is 2.53. The van der Waals surface area contributed by atoms with Crippen molar-refractivity contribution in [2.24, 2.45) is 10.8 Å². The van der Waals surface area contributed by atoms with Gasteiger partial charge in [-0.1, -0.05) is 0 Å². The molecule has 2 bridgehead atoms. The molecule has 0 aliphatic heterocycles. The second-order valence-electron chi connectivity index (χ2n) is 6.65. The summed E-state index contributed by atoms with van der Waals surface area (Å²) >= 11 is 0. The lowest BCUT2D eigenvalue weighted by atomic mass is 9.50. The van der Waals surface area contributed by atoms with Crippen LogP contribution in [-0.4, -0.2) is 22.4 Å². The van der Waals surface area contributed by atoms with Crippen molar-refractivity contribution in [2.45, 2.75) is 76.4 Å². The highest BCUT2D eigenvalue weighted by atomic mass is 16.3. The van der Waals surface area contributed by atoms with Crippen molar-refractivity contribution in [3.63, 3.8) is 0 Å². The average Bonchev–Trinajstić information content (AvgIpc) is 2.51. The molecule has 3 aliphatic rings. The molecule has 20 heavy (non-hydrogen) atoms. The maximum Gasteiger partial charge on any atom is 0.0622 e. The van der Waals surface area contributed by atoms with Gasteiger partial charge >= 0.3 is 0 Å². The Morgan fingerprint density at radius 3 is 1.30 bits per heavy atom. The number of hydrogen-bond acceptors (Lipinski definition) is 4. The first-order valence-electron chi connectivity index (χ1n) is 7.69. The van der Waals surface area contributed by atoms with Crippen molar-refractivity contribution in [2.75, 3.05) is 0 Å². The van der Waals surface area contributed by atoms with E-state index in [-0.39, 0.29) is 23.0 Å². The van der Waals surface area contributed by atoms with Crippen molar-refractivity contribution >= 4 is 0 Å². The molecule has 0 aromatic carbocycles. The van der Waals surface area contributed by atoms with E-state index in [0.717, 1.165) is 38.5 Å². The monoisotopic (exact) mass is 276 g/mol. The van der Waals surface area contributed by atoms with Gasteiger partial charge in [0.1, 0.15) is 0 Å². The summed E-state index contributed by atoms with van der Waals surface area (Å²) in [7, 11) is 0. The number of nitriles is 2. The summed E-state index contributed by atoms with van der Waals surface area (Å²) in [6.45, 7) is 0. The van der Waals surface area contributed by atoms with Crippen LogP contribution in [0.4, 0.5) is 0 Å². The molecular weight excluding hydrogens is 252 g/mol. The van der Waals surface area contributed by atoms with Crippen LogP contribution in [0.2, 0.25) is 0 Å². The molecular formula is C16H24N2O2. The number of aliphatic hydroxyl groups is 2. The molecule has 0 spiro atoms. The maximum absolute atomic E-state index is 10.4. The van der Waals surface area contributed by atoms with Crippen LogP contribution < -0.4 is 0 Å². The second kappa shape index (κ2) is 6.12. The Bertz CT molecular complexity index is 357. The van der Waals surface area contributed by atoms with E-state index in [2.05, 4.69) is 12.1 Å². The predicted molar refractivity (Wildman–Crippen MR) is 74.3 cm³/mol. The fourth-order valence-corrected chi connectivity index (χ4v) is 4.26. The molecule has 3 rings (SSSR count). The fourth-order valence-electron chi connectivity index (χ4n) is 4.26. The van der Waals surface area contributed by atoms with E-state index in [0.29, 0.717) is 25.7 Å². The first kappa shape index (κ1) is 15.3. The van der Waals surface area contributed by atoms with Crippen LogP contribution in [0.5, 0.6) is 0 Å². The molecule has 0 heterocycles. The fraction of sp³-hybridized carbons (Fsp3) is 0.875. The van der Waals surface area contributed by atoms with Gasteiger partial charge in [-0.05, 0) is 62.2 Å². The predicted octanol–water partition coefficient (Wildman–Crippen LogP) is 2.66. The summed E-state index contributed by atoms with van der Waals surface area (Å²) in [5, 5.41) is 38.1. The first-order valence-corrected chi connectivity index (χ1v) is 7.69. The molecule has 4 nitrogen and oxygen atoms in total. The summed E-state index contributed by atoms with van der Waals surface area (Å²) in [4.78, 5) is 0. The van der Waals surface area contributed by atoms with E-state index in [9.17, 15) is 10.2 Å². The third-order valence-electron chi connectivity index (χ3n) is 5.84. The van der Waals surface area contributed by atoms with Gasteiger partial charge in [0.15, 0.2) is 0 Å². The van der Waals surface area contributed by atoms with Crippen molar-refractivity contribution in [1.82, 2.24) is 0 Å². The van der Waals surface area contributed by atoms with E-state index in [1.54, 1.807) is 0 Å². The van der Waals surface area contributed by atoms with Crippen LogP contribution in [0.3, 0.4) is 0 Å². The molecule has 3 aliphatic carbocycles. The van der Waals surface area contributed by atoms with Crippen LogP contribution in [0.1, 0.15) is 64.2 Å².